The highest BCUT2D eigenvalue weighted by Gasteiger charge is 2.35. The minimum absolute atomic E-state index is 0.106. The maximum absolute atomic E-state index is 12.2. The van der Waals surface area contributed by atoms with Gasteiger partial charge >= 0.3 is 5.97 Å². The highest BCUT2D eigenvalue weighted by Crippen LogP contribution is 2.20. The van der Waals surface area contributed by atoms with Crippen LogP contribution in [0, 0.1) is 0 Å². The van der Waals surface area contributed by atoms with Gasteiger partial charge in [0, 0.05) is 13.7 Å². The van der Waals surface area contributed by atoms with Crippen LogP contribution >= 0.6 is 0 Å². The van der Waals surface area contributed by atoms with E-state index >= 15 is 0 Å². The summed E-state index contributed by atoms with van der Waals surface area (Å²) in [4.78, 5) is 25.4. The van der Waals surface area contributed by atoms with Gasteiger partial charge in [-0.05, 0) is 25.7 Å². The Morgan fingerprint density at radius 3 is 2.59 bits per heavy atom. The molecule has 0 aromatic rings. The molecule has 5 nitrogen and oxygen atoms in total. The minimum atomic E-state index is -0.458. The molecule has 98 valence electrons. The van der Waals surface area contributed by atoms with E-state index in [0.717, 1.165) is 12.8 Å². The van der Waals surface area contributed by atoms with Gasteiger partial charge in [0.15, 0.2) is 0 Å². The number of hydrogen-bond acceptors (Lipinski definition) is 4. The number of hydrogen-bond donors (Lipinski definition) is 0. The highest BCUT2D eigenvalue weighted by atomic mass is 16.5. The van der Waals surface area contributed by atoms with Crippen LogP contribution in [0.4, 0.5) is 0 Å². The predicted octanol–water partition coefficient (Wildman–Crippen LogP) is 0.966. The van der Waals surface area contributed by atoms with Crippen LogP contribution in [-0.4, -0.2) is 49.7 Å². The molecule has 0 aromatic carbocycles. The van der Waals surface area contributed by atoms with E-state index in [1.54, 1.807) is 4.90 Å². The van der Waals surface area contributed by atoms with Crippen LogP contribution < -0.4 is 0 Å². The van der Waals surface area contributed by atoms with E-state index in [-0.39, 0.29) is 11.9 Å². The van der Waals surface area contributed by atoms with E-state index in [2.05, 4.69) is 0 Å². The summed E-state index contributed by atoms with van der Waals surface area (Å²) in [5, 5.41) is 0. The predicted molar refractivity (Wildman–Crippen MR) is 62.5 cm³/mol. The Hall–Kier alpha value is -1.10. The number of esters is 1. The summed E-state index contributed by atoms with van der Waals surface area (Å²) < 4.78 is 9.88. The number of carbonyl (C=O) groups excluding carboxylic acids is 2. The minimum Gasteiger partial charge on any atom is -0.467 e. The van der Waals surface area contributed by atoms with Crippen molar-refractivity contribution in [3.8, 4) is 0 Å². The molecule has 0 aliphatic carbocycles. The zero-order valence-corrected chi connectivity index (χ0v) is 10.8. The van der Waals surface area contributed by atoms with Gasteiger partial charge < -0.3 is 14.4 Å². The van der Waals surface area contributed by atoms with Crippen molar-refractivity contribution in [3.05, 3.63) is 0 Å². The number of nitrogens with zero attached hydrogens (tertiary/aromatic N) is 1. The van der Waals surface area contributed by atoms with Crippen LogP contribution in [0.3, 0.4) is 0 Å². The van der Waals surface area contributed by atoms with Crippen molar-refractivity contribution >= 4 is 11.9 Å². The van der Waals surface area contributed by atoms with Crippen LogP contribution in [0.1, 0.15) is 32.6 Å². The maximum atomic E-state index is 12.2. The molecular weight excluding hydrogens is 222 g/mol. The summed E-state index contributed by atoms with van der Waals surface area (Å²) >= 11 is 0. The van der Waals surface area contributed by atoms with Gasteiger partial charge in [-0.1, -0.05) is 6.92 Å². The Morgan fingerprint density at radius 1 is 1.35 bits per heavy atom. The molecule has 1 rings (SSSR count). The van der Waals surface area contributed by atoms with E-state index in [1.165, 1.54) is 14.2 Å². The Bertz CT molecular complexity index is 276. The molecule has 0 aromatic heterocycles. The van der Waals surface area contributed by atoms with Gasteiger partial charge in [0.1, 0.15) is 12.1 Å². The largest absolute Gasteiger partial charge is 0.467 e. The first-order valence-electron chi connectivity index (χ1n) is 6.06. The lowest BCUT2D eigenvalue weighted by Crippen LogP contribution is -2.52. The van der Waals surface area contributed by atoms with Crippen LogP contribution in [0.25, 0.3) is 0 Å². The van der Waals surface area contributed by atoms with Gasteiger partial charge in [-0.15, -0.1) is 0 Å². The summed E-state index contributed by atoms with van der Waals surface area (Å²) in [7, 11) is 2.87. The lowest BCUT2D eigenvalue weighted by molar-refractivity contribution is -0.159. The molecule has 5 heteroatoms. The fourth-order valence-corrected chi connectivity index (χ4v) is 2.20. The molecule has 0 N–H and O–H groups in total. The maximum Gasteiger partial charge on any atom is 0.328 e. The fourth-order valence-electron chi connectivity index (χ4n) is 2.20. The lowest BCUT2D eigenvalue weighted by Gasteiger charge is -2.35. The van der Waals surface area contributed by atoms with Crippen LogP contribution in [0.2, 0.25) is 0 Å². The summed E-state index contributed by atoms with van der Waals surface area (Å²) in [6.07, 6.45) is 2.71. The number of likely N-dealkylation sites (tertiary alicyclic amines) is 1. The van der Waals surface area contributed by atoms with Crippen molar-refractivity contribution in [1.82, 2.24) is 4.90 Å². The molecule has 0 saturated carbocycles. The molecule has 0 bridgehead atoms. The zero-order valence-electron chi connectivity index (χ0n) is 10.8. The third-order valence-electron chi connectivity index (χ3n) is 3.19. The number of amides is 1. The lowest BCUT2D eigenvalue weighted by atomic mass is 10.0. The average molecular weight is 243 g/mol. The van der Waals surface area contributed by atoms with Crippen LogP contribution in [0.5, 0.6) is 0 Å². The van der Waals surface area contributed by atoms with Crippen molar-refractivity contribution in [2.24, 2.45) is 0 Å². The van der Waals surface area contributed by atoms with Gasteiger partial charge in [-0.2, -0.15) is 0 Å². The van der Waals surface area contributed by atoms with Gasteiger partial charge in [0.05, 0.1) is 7.11 Å². The molecule has 1 heterocycles. The molecule has 17 heavy (non-hydrogen) atoms. The SMILES string of the molecule is CCC(OC)C(=O)N1CCCCC1C(=O)OC. The van der Waals surface area contributed by atoms with Crippen molar-refractivity contribution in [1.29, 1.82) is 0 Å². The molecular formula is C12H21NO4. The summed E-state index contributed by atoms with van der Waals surface area (Å²) in [6, 6.07) is -0.439. The number of carbonyl (C=O) groups is 2. The van der Waals surface area contributed by atoms with Crippen molar-refractivity contribution < 1.29 is 19.1 Å². The second kappa shape index (κ2) is 6.59. The molecule has 1 saturated heterocycles. The normalized spacial score (nSPS) is 22.1. The van der Waals surface area contributed by atoms with Gasteiger partial charge in [0.25, 0.3) is 5.91 Å². The van der Waals surface area contributed by atoms with Crippen molar-refractivity contribution in [2.45, 2.75) is 44.8 Å². The Morgan fingerprint density at radius 2 is 2.06 bits per heavy atom. The summed E-state index contributed by atoms with van der Waals surface area (Å²) in [5.74, 6) is -0.436. The Balaban J connectivity index is 2.76. The van der Waals surface area contributed by atoms with Gasteiger partial charge in [-0.25, -0.2) is 4.79 Å². The second-order valence-corrected chi connectivity index (χ2v) is 4.20. The van der Waals surface area contributed by atoms with Crippen LogP contribution in [0.15, 0.2) is 0 Å². The molecule has 1 amide bonds. The molecule has 2 unspecified atom stereocenters. The summed E-state index contributed by atoms with van der Waals surface area (Å²) in [5.41, 5.74) is 0. The smallest absolute Gasteiger partial charge is 0.328 e. The van der Waals surface area contributed by atoms with Crippen molar-refractivity contribution in [2.75, 3.05) is 20.8 Å². The Labute approximate surface area is 102 Å². The Kier molecular flexibility index (Phi) is 5.41. The first-order valence-corrected chi connectivity index (χ1v) is 6.06. The molecule has 1 aliphatic heterocycles. The number of piperidine rings is 1. The average Bonchev–Trinajstić information content (AvgIpc) is 2.39. The van der Waals surface area contributed by atoms with E-state index < -0.39 is 12.1 Å². The zero-order chi connectivity index (χ0) is 12.8. The second-order valence-electron chi connectivity index (χ2n) is 4.20. The van der Waals surface area contributed by atoms with Gasteiger partial charge in [-0.3, -0.25) is 4.79 Å². The molecule has 0 radical (unpaired) electrons. The van der Waals surface area contributed by atoms with E-state index in [0.29, 0.717) is 19.4 Å². The van der Waals surface area contributed by atoms with E-state index in [4.69, 9.17) is 9.47 Å². The van der Waals surface area contributed by atoms with Crippen molar-refractivity contribution in [3.63, 3.8) is 0 Å². The van der Waals surface area contributed by atoms with E-state index in [1.807, 2.05) is 6.92 Å². The number of ether oxygens (including phenoxy) is 2. The van der Waals surface area contributed by atoms with Gasteiger partial charge in [0.2, 0.25) is 0 Å². The molecule has 1 aliphatic rings. The topological polar surface area (TPSA) is 55.8 Å². The quantitative estimate of drug-likeness (QED) is 0.690. The first-order chi connectivity index (χ1) is 8.15. The molecule has 0 spiro atoms. The van der Waals surface area contributed by atoms with Crippen LogP contribution in [-0.2, 0) is 19.1 Å². The monoisotopic (exact) mass is 243 g/mol. The third-order valence-corrected chi connectivity index (χ3v) is 3.19. The third kappa shape index (κ3) is 3.19. The summed E-state index contributed by atoms with van der Waals surface area (Å²) in [6.45, 7) is 2.50. The molecule has 2 atom stereocenters. The standard InChI is InChI=1S/C12H21NO4/c1-4-10(16-2)11(14)13-8-6-5-7-9(13)12(15)17-3/h9-10H,4-8H2,1-3H3. The fraction of sp³-hybridized carbons (Fsp3) is 0.833. The van der Waals surface area contributed by atoms with E-state index in [9.17, 15) is 9.59 Å². The number of methoxy groups -OCH3 is 2. The molecule has 1 fully saturated rings. The first kappa shape index (κ1) is 14.0. The highest BCUT2D eigenvalue weighted by molar-refractivity contribution is 5.87. The number of rotatable bonds is 4.